The first-order valence-corrected chi connectivity index (χ1v) is 7.35. The van der Waals surface area contributed by atoms with Crippen LogP contribution < -0.4 is 11.1 Å². The Morgan fingerprint density at radius 2 is 2.15 bits per heavy atom. The van der Waals surface area contributed by atoms with E-state index >= 15 is 0 Å². The number of benzene rings is 1. The fraction of sp³-hybridized carbons (Fsp3) is 0.562. The van der Waals surface area contributed by atoms with Gasteiger partial charge in [-0.25, -0.2) is 0 Å². The van der Waals surface area contributed by atoms with Gasteiger partial charge in [0.15, 0.2) is 0 Å². The Bertz CT molecular complexity index is 481. The van der Waals surface area contributed by atoms with Crippen molar-refractivity contribution in [1.29, 1.82) is 0 Å². The lowest BCUT2D eigenvalue weighted by molar-refractivity contribution is -0.117. The van der Waals surface area contributed by atoms with Crippen LogP contribution in [0.2, 0.25) is 0 Å². The molecule has 0 aliphatic heterocycles. The van der Waals surface area contributed by atoms with E-state index < -0.39 is 0 Å². The van der Waals surface area contributed by atoms with Gasteiger partial charge in [-0.1, -0.05) is 6.07 Å². The number of anilines is 2. The highest BCUT2D eigenvalue weighted by Crippen LogP contribution is 2.30. The number of nitrogens with zero attached hydrogens (tertiary/aromatic N) is 1. The van der Waals surface area contributed by atoms with Gasteiger partial charge in [-0.05, 0) is 57.2 Å². The van der Waals surface area contributed by atoms with Crippen molar-refractivity contribution in [2.75, 3.05) is 24.1 Å². The lowest BCUT2D eigenvalue weighted by Gasteiger charge is -2.25. The van der Waals surface area contributed by atoms with E-state index in [-0.39, 0.29) is 5.91 Å². The van der Waals surface area contributed by atoms with Crippen LogP contribution >= 0.6 is 0 Å². The summed E-state index contributed by atoms with van der Waals surface area (Å²) in [5.41, 5.74) is 8.28. The largest absolute Gasteiger partial charge is 0.399 e. The number of hydrogen-bond donors (Lipinski definition) is 2. The third-order valence-corrected chi connectivity index (χ3v) is 3.80. The van der Waals surface area contributed by atoms with Gasteiger partial charge in [0.05, 0.1) is 6.54 Å². The Kier molecular flexibility index (Phi) is 4.65. The van der Waals surface area contributed by atoms with Crippen LogP contribution in [0, 0.1) is 12.8 Å². The second-order valence-electron chi connectivity index (χ2n) is 6.09. The van der Waals surface area contributed by atoms with E-state index in [1.807, 2.05) is 25.1 Å². The first-order valence-electron chi connectivity index (χ1n) is 7.35. The predicted molar refractivity (Wildman–Crippen MR) is 83.7 cm³/mol. The number of carbonyl (C=O) groups excluding carboxylic acids is 1. The van der Waals surface area contributed by atoms with Crippen molar-refractivity contribution in [2.45, 2.75) is 39.7 Å². The summed E-state index contributed by atoms with van der Waals surface area (Å²) in [6.07, 6.45) is 2.61. The average molecular weight is 275 g/mol. The van der Waals surface area contributed by atoms with Gasteiger partial charge in [0.1, 0.15) is 0 Å². The van der Waals surface area contributed by atoms with Crippen molar-refractivity contribution in [3.8, 4) is 0 Å². The quantitative estimate of drug-likeness (QED) is 0.785. The standard InChI is InChI=1S/C16H25N3O/c1-11(2)19(9-13-5-6-13)10-16(20)18-15-8-14(17)7-4-12(15)3/h4,7-8,11,13H,5-6,9-10,17H2,1-3H3,(H,18,20). The van der Waals surface area contributed by atoms with E-state index in [1.165, 1.54) is 12.8 Å². The van der Waals surface area contributed by atoms with Gasteiger partial charge < -0.3 is 11.1 Å². The van der Waals surface area contributed by atoms with Crippen LogP contribution in [-0.4, -0.2) is 29.9 Å². The summed E-state index contributed by atoms with van der Waals surface area (Å²) in [6.45, 7) is 7.73. The first-order chi connectivity index (χ1) is 9.45. The highest BCUT2D eigenvalue weighted by Gasteiger charge is 2.26. The molecule has 0 unspecified atom stereocenters. The molecular weight excluding hydrogens is 250 g/mol. The summed E-state index contributed by atoms with van der Waals surface area (Å²) in [4.78, 5) is 14.4. The van der Waals surface area contributed by atoms with E-state index in [9.17, 15) is 4.79 Å². The van der Waals surface area contributed by atoms with Crippen LogP contribution in [0.1, 0.15) is 32.3 Å². The molecule has 0 saturated heterocycles. The molecule has 3 N–H and O–H groups in total. The van der Waals surface area contributed by atoms with Crippen molar-refractivity contribution < 1.29 is 4.79 Å². The molecule has 1 aromatic carbocycles. The number of hydrogen-bond acceptors (Lipinski definition) is 3. The average Bonchev–Trinajstić information content (AvgIpc) is 3.17. The molecule has 1 aliphatic carbocycles. The minimum atomic E-state index is 0.0352. The number of nitrogen functional groups attached to an aromatic ring is 1. The van der Waals surface area contributed by atoms with E-state index in [0.717, 1.165) is 23.7 Å². The van der Waals surface area contributed by atoms with E-state index in [2.05, 4.69) is 24.1 Å². The van der Waals surface area contributed by atoms with Crippen molar-refractivity contribution in [1.82, 2.24) is 4.90 Å². The molecular formula is C16H25N3O. The van der Waals surface area contributed by atoms with Gasteiger partial charge in [0.25, 0.3) is 0 Å². The number of aryl methyl sites for hydroxylation is 1. The molecule has 0 radical (unpaired) electrons. The van der Waals surface area contributed by atoms with E-state index in [1.54, 1.807) is 0 Å². The molecule has 1 aliphatic rings. The maximum Gasteiger partial charge on any atom is 0.238 e. The number of carbonyl (C=O) groups is 1. The van der Waals surface area contributed by atoms with E-state index in [0.29, 0.717) is 18.3 Å². The fourth-order valence-electron chi connectivity index (χ4n) is 2.24. The molecule has 0 bridgehead atoms. The third-order valence-electron chi connectivity index (χ3n) is 3.80. The van der Waals surface area contributed by atoms with Gasteiger partial charge in [-0.15, -0.1) is 0 Å². The van der Waals surface area contributed by atoms with E-state index in [4.69, 9.17) is 5.73 Å². The van der Waals surface area contributed by atoms with Crippen molar-refractivity contribution in [3.63, 3.8) is 0 Å². The smallest absolute Gasteiger partial charge is 0.238 e. The lowest BCUT2D eigenvalue weighted by Crippen LogP contribution is -2.39. The Morgan fingerprint density at radius 3 is 2.75 bits per heavy atom. The molecule has 110 valence electrons. The normalized spacial score (nSPS) is 14.8. The maximum atomic E-state index is 12.2. The lowest BCUT2D eigenvalue weighted by atomic mass is 10.2. The Hall–Kier alpha value is -1.55. The molecule has 1 fully saturated rings. The van der Waals surface area contributed by atoms with Crippen LogP contribution in [0.5, 0.6) is 0 Å². The monoisotopic (exact) mass is 275 g/mol. The molecule has 0 heterocycles. The number of nitrogens with one attached hydrogen (secondary N) is 1. The van der Waals surface area contributed by atoms with Crippen LogP contribution in [0.25, 0.3) is 0 Å². The first kappa shape index (κ1) is 14.9. The number of nitrogens with two attached hydrogens (primary N) is 1. The molecule has 1 amide bonds. The summed E-state index contributed by atoms with van der Waals surface area (Å²) < 4.78 is 0. The van der Waals surface area contributed by atoms with Crippen LogP contribution in [0.3, 0.4) is 0 Å². The molecule has 0 spiro atoms. The summed E-state index contributed by atoms with van der Waals surface area (Å²) >= 11 is 0. The summed E-state index contributed by atoms with van der Waals surface area (Å²) in [6, 6.07) is 5.98. The van der Waals surface area contributed by atoms with Crippen molar-refractivity contribution in [2.24, 2.45) is 5.92 Å². The highest BCUT2D eigenvalue weighted by atomic mass is 16.2. The molecule has 4 heteroatoms. The van der Waals surface area contributed by atoms with Crippen LogP contribution in [0.15, 0.2) is 18.2 Å². The van der Waals surface area contributed by atoms with Gasteiger partial charge in [-0.3, -0.25) is 9.69 Å². The zero-order valence-electron chi connectivity index (χ0n) is 12.6. The zero-order chi connectivity index (χ0) is 14.7. The zero-order valence-corrected chi connectivity index (χ0v) is 12.6. The third kappa shape index (κ3) is 4.23. The molecule has 4 nitrogen and oxygen atoms in total. The summed E-state index contributed by atoms with van der Waals surface area (Å²) in [5.74, 6) is 0.826. The minimum Gasteiger partial charge on any atom is -0.399 e. The molecule has 2 rings (SSSR count). The topological polar surface area (TPSA) is 58.4 Å². The summed E-state index contributed by atoms with van der Waals surface area (Å²) in [5, 5.41) is 2.97. The SMILES string of the molecule is Cc1ccc(N)cc1NC(=O)CN(CC1CC1)C(C)C. The van der Waals surface area contributed by atoms with Gasteiger partial charge in [0, 0.05) is 24.0 Å². The van der Waals surface area contributed by atoms with Crippen LogP contribution in [-0.2, 0) is 4.79 Å². The predicted octanol–water partition coefficient (Wildman–Crippen LogP) is 2.64. The highest BCUT2D eigenvalue weighted by molar-refractivity contribution is 5.93. The van der Waals surface area contributed by atoms with Gasteiger partial charge in [0.2, 0.25) is 5.91 Å². The maximum absolute atomic E-state index is 12.2. The molecule has 20 heavy (non-hydrogen) atoms. The Balaban J connectivity index is 1.94. The second-order valence-corrected chi connectivity index (χ2v) is 6.09. The second kappa shape index (κ2) is 6.27. The number of rotatable bonds is 6. The minimum absolute atomic E-state index is 0.0352. The van der Waals surface area contributed by atoms with Gasteiger partial charge in [-0.2, -0.15) is 0 Å². The van der Waals surface area contributed by atoms with Gasteiger partial charge >= 0.3 is 0 Å². The molecule has 1 aromatic rings. The number of amides is 1. The molecule has 0 atom stereocenters. The van der Waals surface area contributed by atoms with Crippen LogP contribution in [0.4, 0.5) is 11.4 Å². The molecule has 1 saturated carbocycles. The Labute approximate surface area is 121 Å². The fourth-order valence-corrected chi connectivity index (χ4v) is 2.24. The Morgan fingerprint density at radius 1 is 1.45 bits per heavy atom. The molecule has 0 aromatic heterocycles. The van der Waals surface area contributed by atoms with Crippen molar-refractivity contribution in [3.05, 3.63) is 23.8 Å². The summed E-state index contributed by atoms with van der Waals surface area (Å²) in [7, 11) is 0. The van der Waals surface area contributed by atoms with Crippen molar-refractivity contribution >= 4 is 17.3 Å².